The van der Waals surface area contributed by atoms with E-state index in [0.29, 0.717) is 19.1 Å². The second-order valence-corrected chi connectivity index (χ2v) is 6.72. The molecule has 0 unspecified atom stereocenters. The van der Waals surface area contributed by atoms with Crippen LogP contribution in [0.4, 0.5) is 0 Å². The molecule has 1 amide bonds. The lowest BCUT2D eigenvalue weighted by atomic mass is 10.1. The van der Waals surface area contributed by atoms with Crippen LogP contribution in [0.25, 0.3) is 0 Å². The Morgan fingerprint density at radius 1 is 1.57 bits per heavy atom. The van der Waals surface area contributed by atoms with Gasteiger partial charge >= 0.3 is 0 Å². The van der Waals surface area contributed by atoms with Gasteiger partial charge in [0.15, 0.2) is 0 Å². The lowest BCUT2D eigenvalue weighted by molar-refractivity contribution is -0.129. The largest absolute Gasteiger partial charge is 0.375 e. The summed E-state index contributed by atoms with van der Waals surface area (Å²) in [5.74, 6) is 0.403. The molecule has 0 aromatic carbocycles. The minimum absolute atomic E-state index is 0. The Morgan fingerprint density at radius 2 is 2.29 bits per heavy atom. The first-order valence-electron chi connectivity index (χ1n) is 7.08. The van der Waals surface area contributed by atoms with Crippen molar-refractivity contribution >= 4 is 29.7 Å². The SMILES string of the molecule is Cc1sc(CNC(=O)[C@H]2NCCO[C@@H]2C)nc1C(C)C.Cl. The zero-order valence-corrected chi connectivity index (χ0v) is 14.6. The van der Waals surface area contributed by atoms with E-state index in [4.69, 9.17) is 4.74 Å². The van der Waals surface area contributed by atoms with E-state index in [-0.39, 0.29) is 30.5 Å². The standard InChI is InChI=1S/C14H23N3O2S.ClH/c1-8(2)12-10(4)20-11(17-12)7-16-14(18)13-9(3)19-6-5-15-13;/h8-9,13,15H,5-7H2,1-4H3,(H,16,18);1H/t9-,13+;/m1./s1. The summed E-state index contributed by atoms with van der Waals surface area (Å²) in [4.78, 5) is 18.0. The molecule has 1 aromatic rings. The molecule has 1 aromatic heterocycles. The topological polar surface area (TPSA) is 63.2 Å². The van der Waals surface area contributed by atoms with Gasteiger partial charge in [0.2, 0.25) is 5.91 Å². The van der Waals surface area contributed by atoms with Crippen molar-refractivity contribution in [3.05, 3.63) is 15.6 Å². The van der Waals surface area contributed by atoms with Crippen LogP contribution >= 0.6 is 23.7 Å². The molecule has 1 fully saturated rings. The third kappa shape index (κ3) is 4.64. The molecule has 1 saturated heterocycles. The first-order chi connectivity index (χ1) is 9.49. The van der Waals surface area contributed by atoms with Gasteiger partial charge in [-0.25, -0.2) is 4.98 Å². The highest BCUT2D eigenvalue weighted by Crippen LogP contribution is 2.23. The van der Waals surface area contributed by atoms with Crippen molar-refractivity contribution in [1.82, 2.24) is 15.6 Å². The van der Waals surface area contributed by atoms with Gasteiger partial charge in [0.1, 0.15) is 11.0 Å². The molecule has 7 heteroatoms. The Hall–Kier alpha value is -0.690. The molecule has 0 saturated carbocycles. The smallest absolute Gasteiger partial charge is 0.240 e. The highest BCUT2D eigenvalue weighted by molar-refractivity contribution is 7.11. The van der Waals surface area contributed by atoms with Gasteiger partial charge in [0, 0.05) is 11.4 Å². The predicted octanol–water partition coefficient (Wildman–Crippen LogP) is 1.99. The van der Waals surface area contributed by atoms with Gasteiger partial charge in [-0.15, -0.1) is 23.7 Å². The van der Waals surface area contributed by atoms with Crippen LogP contribution in [0.2, 0.25) is 0 Å². The zero-order valence-electron chi connectivity index (χ0n) is 12.9. The third-order valence-electron chi connectivity index (χ3n) is 3.44. The molecule has 2 atom stereocenters. The molecule has 2 N–H and O–H groups in total. The molecular formula is C14H24ClN3O2S. The Morgan fingerprint density at radius 3 is 2.86 bits per heavy atom. The van der Waals surface area contributed by atoms with Gasteiger partial charge in [-0.2, -0.15) is 0 Å². The molecule has 0 radical (unpaired) electrons. The van der Waals surface area contributed by atoms with Gasteiger partial charge < -0.3 is 15.4 Å². The molecule has 0 aliphatic carbocycles. The monoisotopic (exact) mass is 333 g/mol. The van der Waals surface area contributed by atoms with Crippen LogP contribution in [0, 0.1) is 6.92 Å². The second kappa shape index (κ2) is 8.08. The summed E-state index contributed by atoms with van der Waals surface area (Å²) in [5.41, 5.74) is 1.13. The van der Waals surface area contributed by atoms with Crippen molar-refractivity contribution in [3.8, 4) is 0 Å². The van der Waals surface area contributed by atoms with Crippen molar-refractivity contribution in [2.75, 3.05) is 13.2 Å². The number of halogens is 1. The van der Waals surface area contributed by atoms with Crippen LogP contribution in [0.5, 0.6) is 0 Å². The van der Waals surface area contributed by atoms with E-state index in [1.54, 1.807) is 11.3 Å². The molecule has 5 nitrogen and oxygen atoms in total. The van der Waals surface area contributed by atoms with Gasteiger partial charge in [-0.05, 0) is 19.8 Å². The Kier molecular flexibility index (Phi) is 7.06. The molecule has 1 aliphatic heterocycles. The minimum Gasteiger partial charge on any atom is -0.375 e. The fraction of sp³-hybridized carbons (Fsp3) is 0.714. The molecule has 21 heavy (non-hydrogen) atoms. The molecule has 120 valence electrons. The number of aromatic nitrogens is 1. The van der Waals surface area contributed by atoms with Crippen LogP contribution in [0.3, 0.4) is 0 Å². The van der Waals surface area contributed by atoms with Crippen molar-refractivity contribution in [3.63, 3.8) is 0 Å². The van der Waals surface area contributed by atoms with Gasteiger partial charge in [-0.1, -0.05) is 13.8 Å². The van der Waals surface area contributed by atoms with Crippen LogP contribution in [-0.2, 0) is 16.1 Å². The summed E-state index contributed by atoms with van der Waals surface area (Å²) >= 11 is 1.65. The van der Waals surface area contributed by atoms with E-state index in [1.807, 2.05) is 6.92 Å². The Balaban J connectivity index is 0.00000220. The summed E-state index contributed by atoms with van der Waals surface area (Å²) in [6.45, 7) is 10.1. The molecule has 1 aliphatic rings. The van der Waals surface area contributed by atoms with E-state index in [9.17, 15) is 4.79 Å². The van der Waals surface area contributed by atoms with Crippen molar-refractivity contribution < 1.29 is 9.53 Å². The molecule has 2 heterocycles. The van der Waals surface area contributed by atoms with Crippen molar-refractivity contribution in [2.24, 2.45) is 0 Å². The number of amides is 1. The number of ether oxygens (including phenoxy) is 1. The van der Waals surface area contributed by atoms with E-state index in [0.717, 1.165) is 17.2 Å². The van der Waals surface area contributed by atoms with Crippen LogP contribution in [0.15, 0.2) is 0 Å². The van der Waals surface area contributed by atoms with Gasteiger partial charge in [0.05, 0.1) is 24.9 Å². The van der Waals surface area contributed by atoms with Gasteiger partial charge in [-0.3, -0.25) is 4.79 Å². The number of carbonyl (C=O) groups is 1. The van der Waals surface area contributed by atoms with Gasteiger partial charge in [0.25, 0.3) is 0 Å². The van der Waals surface area contributed by atoms with E-state index in [1.165, 1.54) is 4.88 Å². The third-order valence-corrected chi connectivity index (χ3v) is 4.42. The van der Waals surface area contributed by atoms with E-state index >= 15 is 0 Å². The molecule has 2 rings (SSSR count). The zero-order chi connectivity index (χ0) is 14.7. The predicted molar refractivity (Wildman–Crippen MR) is 87.2 cm³/mol. The van der Waals surface area contributed by atoms with E-state index in [2.05, 4.69) is 36.4 Å². The number of hydrogen-bond donors (Lipinski definition) is 2. The summed E-state index contributed by atoms with van der Waals surface area (Å²) in [6, 6.07) is -0.269. The molecular weight excluding hydrogens is 310 g/mol. The van der Waals surface area contributed by atoms with Crippen molar-refractivity contribution in [2.45, 2.75) is 52.3 Å². The van der Waals surface area contributed by atoms with Crippen LogP contribution in [0.1, 0.15) is 42.3 Å². The summed E-state index contributed by atoms with van der Waals surface area (Å²) in [5, 5.41) is 7.09. The number of nitrogens with one attached hydrogen (secondary N) is 2. The normalized spacial score (nSPS) is 22.0. The fourth-order valence-corrected chi connectivity index (χ4v) is 3.40. The van der Waals surface area contributed by atoms with E-state index < -0.39 is 0 Å². The Bertz CT molecular complexity index is 479. The molecule has 0 bridgehead atoms. The number of aryl methyl sites for hydroxylation is 1. The lowest BCUT2D eigenvalue weighted by Crippen LogP contribution is -2.55. The maximum Gasteiger partial charge on any atom is 0.240 e. The lowest BCUT2D eigenvalue weighted by Gasteiger charge is -2.29. The summed E-state index contributed by atoms with van der Waals surface area (Å²) in [6.07, 6.45) is -0.0898. The Labute approximate surface area is 136 Å². The average Bonchev–Trinajstić information content (AvgIpc) is 2.78. The summed E-state index contributed by atoms with van der Waals surface area (Å²) < 4.78 is 5.48. The molecule has 0 spiro atoms. The second-order valence-electron chi connectivity index (χ2n) is 5.43. The minimum atomic E-state index is -0.269. The fourth-order valence-electron chi connectivity index (χ4n) is 2.38. The average molecular weight is 334 g/mol. The number of morpholine rings is 1. The maximum absolute atomic E-state index is 12.1. The van der Waals surface area contributed by atoms with Crippen LogP contribution in [-0.4, -0.2) is 36.2 Å². The van der Waals surface area contributed by atoms with Crippen LogP contribution < -0.4 is 10.6 Å². The quantitative estimate of drug-likeness (QED) is 0.884. The number of thiazole rings is 1. The highest BCUT2D eigenvalue weighted by Gasteiger charge is 2.28. The number of rotatable bonds is 4. The first kappa shape index (κ1) is 18.4. The number of nitrogens with zero attached hydrogens (tertiary/aromatic N) is 1. The number of hydrogen-bond acceptors (Lipinski definition) is 5. The van der Waals surface area contributed by atoms with Crippen molar-refractivity contribution in [1.29, 1.82) is 0 Å². The first-order valence-corrected chi connectivity index (χ1v) is 7.89. The maximum atomic E-state index is 12.1. The summed E-state index contributed by atoms with van der Waals surface area (Å²) in [7, 11) is 0. The number of carbonyl (C=O) groups excluding carboxylic acids is 1. The highest BCUT2D eigenvalue weighted by atomic mass is 35.5.